The van der Waals surface area contributed by atoms with Crippen molar-refractivity contribution in [3.05, 3.63) is 18.6 Å². The maximum Gasteiger partial charge on any atom is 0.410 e. The summed E-state index contributed by atoms with van der Waals surface area (Å²) in [6.45, 7) is 6.90. The monoisotopic (exact) mass is 346 g/mol. The van der Waals surface area contributed by atoms with Crippen molar-refractivity contribution in [3.8, 4) is 0 Å². The van der Waals surface area contributed by atoms with Crippen LogP contribution in [0.25, 0.3) is 0 Å². The molecule has 1 atom stereocenters. The van der Waals surface area contributed by atoms with E-state index in [0.717, 1.165) is 19.3 Å². The van der Waals surface area contributed by atoms with Gasteiger partial charge in [0.25, 0.3) is 0 Å². The quantitative estimate of drug-likeness (QED) is 0.822. The fraction of sp³-hybridized carbons (Fsp3) is 0.667. The molecule has 0 bridgehead atoms. The maximum absolute atomic E-state index is 12.7. The third-order valence-corrected chi connectivity index (χ3v) is 5.12. The van der Waals surface area contributed by atoms with Gasteiger partial charge in [-0.1, -0.05) is 0 Å². The van der Waals surface area contributed by atoms with Crippen LogP contribution in [0.15, 0.2) is 18.6 Å². The van der Waals surface area contributed by atoms with Gasteiger partial charge in [-0.3, -0.25) is 14.7 Å². The summed E-state index contributed by atoms with van der Waals surface area (Å²) >= 11 is 0. The Bertz CT molecular complexity index is 648. The Morgan fingerprint density at radius 1 is 1.28 bits per heavy atom. The molecular formula is C18H26N4O3. The zero-order chi connectivity index (χ0) is 18.2. The van der Waals surface area contributed by atoms with E-state index in [1.807, 2.05) is 20.8 Å². The number of rotatable bonds is 2. The van der Waals surface area contributed by atoms with E-state index >= 15 is 0 Å². The molecule has 2 heterocycles. The molecule has 1 aromatic heterocycles. The number of carbonyl (C=O) groups is 2. The Balaban J connectivity index is 1.55. The van der Waals surface area contributed by atoms with Gasteiger partial charge in [-0.15, -0.1) is 0 Å². The molecule has 1 saturated heterocycles. The van der Waals surface area contributed by atoms with Gasteiger partial charge in [0.2, 0.25) is 5.91 Å². The summed E-state index contributed by atoms with van der Waals surface area (Å²) in [5, 5.41) is 0. The average Bonchev–Trinajstić information content (AvgIpc) is 3.26. The average molecular weight is 346 g/mol. The highest BCUT2D eigenvalue weighted by Crippen LogP contribution is 2.60. The van der Waals surface area contributed by atoms with Crippen molar-refractivity contribution in [1.29, 1.82) is 0 Å². The van der Waals surface area contributed by atoms with E-state index in [1.54, 1.807) is 35.4 Å². The second-order valence-electron chi connectivity index (χ2n) is 8.05. The summed E-state index contributed by atoms with van der Waals surface area (Å²) < 4.78 is 5.43. The predicted molar refractivity (Wildman–Crippen MR) is 93.0 cm³/mol. The number of piperidine rings is 1. The van der Waals surface area contributed by atoms with Crippen molar-refractivity contribution >= 4 is 17.8 Å². The molecule has 1 aromatic rings. The molecule has 7 heteroatoms. The molecule has 0 N–H and O–H groups in total. The van der Waals surface area contributed by atoms with Crippen LogP contribution in [-0.2, 0) is 9.53 Å². The Morgan fingerprint density at radius 3 is 2.52 bits per heavy atom. The molecule has 1 spiro atoms. The molecule has 1 unspecified atom stereocenters. The highest BCUT2D eigenvalue weighted by atomic mass is 16.6. The summed E-state index contributed by atoms with van der Waals surface area (Å²) in [4.78, 5) is 36.4. The number of likely N-dealkylation sites (tertiary alicyclic amines) is 1. The number of amides is 2. The summed E-state index contributed by atoms with van der Waals surface area (Å²) in [7, 11) is 1.74. The first-order valence-corrected chi connectivity index (χ1v) is 8.73. The van der Waals surface area contributed by atoms with Crippen LogP contribution in [0.5, 0.6) is 0 Å². The largest absolute Gasteiger partial charge is 0.444 e. The zero-order valence-electron chi connectivity index (χ0n) is 15.4. The molecule has 2 fully saturated rings. The zero-order valence-corrected chi connectivity index (χ0v) is 15.4. The fourth-order valence-corrected chi connectivity index (χ4v) is 3.52. The number of anilines is 1. The van der Waals surface area contributed by atoms with E-state index in [1.165, 1.54) is 0 Å². The molecule has 3 rings (SSSR count). The van der Waals surface area contributed by atoms with Crippen molar-refractivity contribution in [3.63, 3.8) is 0 Å². The number of carbonyl (C=O) groups excluding carboxylic acids is 2. The van der Waals surface area contributed by atoms with Crippen LogP contribution in [0.2, 0.25) is 0 Å². The maximum atomic E-state index is 12.7. The second-order valence-corrected chi connectivity index (χ2v) is 8.05. The van der Waals surface area contributed by atoms with Crippen LogP contribution in [0, 0.1) is 11.3 Å². The van der Waals surface area contributed by atoms with Crippen molar-refractivity contribution in [2.24, 2.45) is 11.3 Å². The lowest BCUT2D eigenvalue weighted by molar-refractivity contribution is -0.120. The third-order valence-electron chi connectivity index (χ3n) is 5.12. The standard InChI is InChI=1S/C18H26N4O3/c1-17(2,3)25-16(24)22-9-5-18(6-10-22)11-13(18)15(23)21(4)14-12-19-7-8-20-14/h7-8,12-13H,5-6,9-11H2,1-4H3. The summed E-state index contributed by atoms with van der Waals surface area (Å²) in [6, 6.07) is 0. The van der Waals surface area contributed by atoms with Crippen LogP contribution in [0.1, 0.15) is 40.0 Å². The Hall–Kier alpha value is -2.18. The summed E-state index contributed by atoms with van der Waals surface area (Å²) in [5.41, 5.74) is -0.449. The summed E-state index contributed by atoms with van der Waals surface area (Å²) in [5.74, 6) is 0.673. The van der Waals surface area contributed by atoms with E-state index < -0.39 is 5.60 Å². The molecule has 1 saturated carbocycles. The predicted octanol–water partition coefficient (Wildman–Crippen LogP) is 2.48. The highest BCUT2D eigenvalue weighted by molar-refractivity contribution is 5.96. The van der Waals surface area contributed by atoms with Crippen LogP contribution in [-0.4, -0.2) is 52.6 Å². The Labute approximate surface area is 148 Å². The van der Waals surface area contributed by atoms with Crippen molar-refractivity contribution in [2.75, 3.05) is 25.0 Å². The molecular weight excluding hydrogens is 320 g/mol. The van der Waals surface area contributed by atoms with Gasteiger partial charge in [-0.2, -0.15) is 0 Å². The minimum atomic E-state index is -0.482. The molecule has 2 aliphatic rings. The number of aromatic nitrogens is 2. The fourth-order valence-electron chi connectivity index (χ4n) is 3.52. The Morgan fingerprint density at radius 2 is 1.96 bits per heavy atom. The van der Waals surface area contributed by atoms with Gasteiger partial charge < -0.3 is 9.64 Å². The van der Waals surface area contributed by atoms with Crippen LogP contribution in [0.4, 0.5) is 10.6 Å². The lowest BCUT2D eigenvalue weighted by atomic mass is 9.90. The lowest BCUT2D eigenvalue weighted by Crippen LogP contribution is -2.43. The van der Waals surface area contributed by atoms with Gasteiger partial charge >= 0.3 is 6.09 Å². The van der Waals surface area contributed by atoms with E-state index in [4.69, 9.17) is 4.74 Å². The molecule has 2 amide bonds. The van der Waals surface area contributed by atoms with Gasteiger partial charge in [0.1, 0.15) is 5.60 Å². The molecule has 1 aliphatic heterocycles. The topological polar surface area (TPSA) is 75.6 Å². The summed E-state index contributed by atoms with van der Waals surface area (Å²) in [6.07, 6.45) is 7.08. The molecule has 0 aromatic carbocycles. The first-order chi connectivity index (χ1) is 11.7. The SMILES string of the molecule is CN(C(=O)C1CC12CCN(C(=O)OC(C)(C)C)CC2)c1cnccn1. The lowest BCUT2D eigenvalue weighted by Gasteiger charge is -2.34. The number of ether oxygens (including phenoxy) is 1. The highest BCUT2D eigenvalue weighted by Gasteiger charge is 2.59. The van der Waals surface area contributed by atoms with Gasteiger partial charge in [0.05, 0.1) is 6.20 Å². The van der Waals surface area contributed by atoms with Gasteiger partial charge in [-0.25, -0.2) is 9.78 Å². The first kappa shape index (κ1) is 17.6. The van der Waals surface area contributed by atoms with E-state index in [0.29, 0.717) is 18.9 Å². The minimum absolute atomic E-state index is 0.0142. The van der Waals surface area contributed by atoms with Crippen molar-refractivity contribution in [2.45, 2.75) is 45.6 Å². The minimum Gasteiger partial charge on any atom is -0.444 e. The third kappa shape index (κ3) is 3.75. The number of hydrogen-bond acceptors (Lipinski definition) is 5. The number of nitrogens with zero attached hydrogens (tertiary/aromatic N) is 4. The molecule has 1 aliphatic carbocycles. The Kier molecular flexibility index (Phi) is 4.43. The van der Waals surface area contributed by atoms with Crippen molar-refractivity contribution < 1.29 is 14.3 Å². The van der Waals surface area contributed by atoms with Crippen LogP contribution in [0.3, 0.4) is 0 Å². The smallest absolute Gasteiger partial charge is 0.410 e. The van der Waals surface area contributed by atoms with Gasteiger partial charge in [-0.05, 0) is 45.4 Å². The molecule has 7 nitrogen and oxygen atoms in total. The molecule has 0 radical (unpaired) electrons. The normalized spacial score (nSPS) is 21.8. The second kappa shape index (κ2) is 6.28. The van der Waals surface area contributed by atoms with Gasteiger partial charge in [0, 0.05) is 38.4 Å². The molecule has 136 valence electrons. The van der Waals surface area contributed by atoms with E-state index in [9.17, 15) is 9.59 Å². The van der Waals surface area contributed by atoms with Crippen LogP contribution >= 0.6 is 0 Å². The van der Waals surface area contributed by atoms with Crippen LogP contribution < -0.4 is 4.90 Å². The molecule has 25 heavy (non-hydrogen) atoms. The first-order valence-electron chi connectivity index (χ1n) is 8.73. The van der Waals surface area contributed by atoms with E-state index in [-0.39, 0.29) is 23.3 Å². The number of hydrogen-bond donors (Lipinski definition) is 0. The van der Waals surface area contributed by atoms with E-state index in [2.05, 4.69) is 9.97 Å². The van der Waals surface area contributed by atoms with Crippen molar-refractivity contribution in [1.82, 2.24) is 14.9 Å². The van der Waals surface area contributed by atoms with Gasteiger partial charge in [0.15, 0.2) is 5.82 Å².